The zero-order chi connectivity index (χ0) is 7.28. The molecule has 0 aromatic heterocycles. The lowest BCUT2D eigenvalue weighted by Crippen LogP contribution is -2.10. The lowest BCUT2D eigenvalue weighted by Gasteiger charge is -1.74. The Morgan fingerprint density at radius 2 is 2.00 bits per heavy atom. The predicted octanol–water partition coefficient (Wildman–Crippen LogP) is -0.425. The molecule has 0 atom stereocenters. The van der Waals surface area contributed by atoms with Crippen LogP contribution in [-0.4, -0.2) is 17.9 Å². The van der Waals surface area contributed by atoms with Gasteiger partial charge in [0.25, 0.3) is 12.1 Å². The number of allylic oxidation sites excluding steroid dienone is 1. The fourth-order valence-electron chi connectivity index (χ4n) is 0.209. The first kappa shape index (κ1) is 7.53. The zero-order valence-corrected chi connectivity index (χ0v) is 4.51. The summed E-state index contributed by atoms with van der Waals surface area (Å²) in [5.74, 6) is -2.15. The number of hydrogen-bond acceptors (Lipinski definition) is 3. The Morgan fingerprint density at radius 3 is 2.33 bits per heavy atom. The van der Waals surface area contributed by atoms with E-state index in [0.717, 1.165) is 12.4 Å². The standard InChI is InChI=1S/C6H3O3/c1-2-3-5(8)6(9)4-7/h3H,1H2. The van der Waals surface area contributed by atoms with Gasteiger partial charge in [-0.25, -0.2) is 0 Å². The maximum absolute atomic E-state index is 10.2. The van der Waals surface area contributed by atoms with Gasteiger partial charge in [-0.15, -0.1) is 5.73 Å². The summed E-state index contributed by atoms with van der Waals surface area (Å²) in [4.78, 5) is 29.7. The average molecular weight is 123 g/mol. The second-order valence-electron chi connectivity index (χ2n) is 1.14. The Morgan fingerprint density at radius 1 is 1.44 bits per heavy atom. The summed E-state index contributed by atoms with van der Waals surface area (Å²) in [5.41, 5.74) is 2.06. The third kappa shape index (κ3) is 2.36. The first-order valence-electron chi connectivity index (χ1n) is 2.04. The fraction of sp³-hybridized carbons (Fsp3) is 0. The van der Waals surface area contributed by atoms with Crippen molar-refractivity contribution >= 4 is 17.9 Å². The van der Waals surface area contributed by atoms with Gasteiger partial charge in [0.05, 0.1) is 0 Å². The van der Waals surface area contributed by atoms with Gasteiger partial charge in [0.15, 0.2) is 0 Å². The second-order valence-corrected chi connectivity index (χ2v) is 1.14. The molecule has 0 aromatic rings. The van der Waals surface area contributed by atoms with E-state index in [1.165, 1.54) is 0 Å². The molecule has 0 N–H and O–H groups in total. The molecule has 0 saturated heterocycles. The highest BCUT2D eigenvalue weighted by atomic mass is 16.2. The van der Waals surface area contributed by atoms with Crippen molar-refractivity contribution in [2.45, 2.75) is 0 Å². The molecule has 0 unspecified atom stereocenters. The molecule has 45 valence electrons. The first-order valence-corrected chi connectivity index (χ1v) is 2.04. The van der Waals surface area contributed by atoms with Crippen LogP contribution < -0.4 is 0 Å². The molecule has 9 heavy (non-hydrogen) atoms. The molecule has 0 aliphatic carbocycles. The molecule has 0 aromatic carbocycles. The summed E-state index contributed by atoms with van der Waals surface area (Å²) in [6.07, 6.45) is 1.70. The Labute approximate surface area is 51.7 Å². The van der Waals surface area contributed by atoms with Gasteiger partial charge in [-0.3, -0.25) is 14.4 Å². The number of Topliss-reactive ketones (excluding diaryl/α,β-unsaturated/α-hetero) is 1. The minimum atomic E-state index is -1.20. The average Bonchev–Trinajstić information content (AvgIpc) is 1.87. The van der Waals surface area contributed by atoms with Gasteiger partial charge >= 0.3 is 0 Å². The molecule has 0 rings (SSSR count). The van der Waals surface area contributed by atoms with Crippen molar-refractivity contribution in [1.82, 2.24) is 0 Å². The SMILES string of the molecule is C=C=CC(=O)C(=O)[C]=O. The quantitative estimate of drug-likeness (QED) is 0.221. The van der Waals surface area contributed by atoms with E-state index in [4.69, 9.17) is 0 Å². The predicted molar refractivity (Wildman–Crippen MR) is 29.4 cm³/mol. The molecular weight excluding hydrogens is 120 g/mol. The molecule has 0 aliphatic heterocycles. The highest BCUT2D eigenvalue weighted by Crippen LogP contribution is 1.72. The molecule has 1 radical (unpaired) electrons. The van der Waals surface area contributed by atoms with Gasteiger partial charge in [-0.1, -0.05) is 6.58 Å². The van der Waals surface area contributed by atoms with Crippen molar-refractivity contribution in [1.29, 1.82) is 0 Å². The first-order chi connectivity index (χ1) is 4.22. The van der Waals surface area contributed by atoms with Crippen LogP contribution in [0.25, 0.3) is 0 Å². The van der Waals surface area contributed by atoms with Gasteiger partial charge in [0.1, 0.15) is 0 Å². The lowest BCUT2D eigenvalue weighted by atomic mass is 10.3. The Balaban J connectivity index is 4.21. The van der Waals surface area contributed by atoms with E-state index in [-0.39, 0.29) is 0 Å². The third-order valence-electron chi connectivity index (χ3n) is 0.550. The highest BCUT2D eigenvalue weighted by molar-refractivity contribution is 6.60. The molecular formula is C6H3O3. The fourth-order valence-corrected chi connectivity index (χ4v) is 0.209. The van der Waals surface area contributed by atoms with E-state index in [0.29, 0.717) is 0 Å². The van der Waals surface area contributed by atoms with Crippen molar-refractivity contribution in [3.63, 3.8) is 0 Å². The summed E-state index contributed by atoms with van der Waals surface area (Å²) in [6.45, 7) is 3.03. The Kier molecular flexibility index (Phi) is 2.95. The molecule has 3 heteroatoms. The van der Waals surface area contributed by atoms with Gasteiger partial charge in [-0.2, -0.15) is 0 Å². The summed E-state index contributed by atoms with van der Waals surface area (Å²) in [5, 5.41) is 0. The monoisotopic (exact) mass is 123 g/mol. The summed E-state index contributed by atoms with van der Waals surface area (Å²) < 4.78 is 0. The van der Waals surface area contributed by atoms with Crippen LogP contribution >= 0.6 is 0 Å². The maximum atomic E-state index is 10.2. The van der Waals surface area contributed by atoms with Gasteiger partial charge < -0.3 is 0 Å². The van der Waals surface area contributed by atoms with Crippen LogP contribution in [0.2, 0.25) is 0 Å². The maximum Gasteiger partial charge on any atom is 0.281 e. The number of ketones is 2. The molecule has 3 nitrogen and oxygen atoms in total. The van der Waals surface area contributed by atoms with Gasteiger partial charge in [-0.05, 0) is 0 Å². The van der Waals surface area contributed by atoms with E-state index < -0.39 is 11.6 Å². The third-order valence-corrected chi connectivity index (χ3v) is 0.550. The van der Waals surface area contributed by atoms with Crippen molar-refractivity contribution < 1.29 is 14.4 Å². The van der Waals surface area contributed by atoms with Crippen LogP contribution in [0.4, 0.5) is 0 Å². The number of hydrogen-bond donors (Lipinski definition) is 0. The number of carbonyl (C=O) groups is 2. The van der Waals surface area contributed by atoms with Crippen LogP contribution in [0.1, 0.15) is 0 Å². The van der Waals surface area contributed by atoms with E-state index in [9.17, 15) is 14.4 Å². The van der Waals surface area contributed by atoms with Crippen molar-refractivity contribution in [3.8, 4) is 0 Å². The highest BCUT2D eigenvalue weighted by Gasteiger charge is 2.07. The lowest BCUT2D eigenvalue weighted by molar-refractivity contribution is -0.129. The van der Waals surface area contributed by atoms with Crippen LogP contribution in [0.5, 0.6) is 0 Å². The summed E-state index contributed by atoms with van der Waals surface area (Å²) in [6, 6.07) is 0. The van der Waals surface area contributed by atoms with Crippen LogP contribution in [-0.2, 0) is 14.4 Å². The Bertz CT molecular complexity index is 196. The summed E-state index contributed by atoms with van der Waals surface area (Å²) in [7, 11) is 0. The van der Waals surface area contributed by atoms with Crippen LogP contribution in [0.15, 0.2) is 18.4 Å². The number of carbonyl (C=O) groups excluding carboxylic acids is 3. The molecule has 0 fully saturated rings. The second kappa shape index (κ2) is 3.52. The molecule has 0 heterocycles. The van der Waals surface area contributed by atoms with E-state index >= 15 is 0 Å². The van der Waals surface area contributed by atoms with E-state index in [1.807, 2.05) is 0 Å². The summed E-state index contributed by atoms with van der Waals surface area (Å²) >= 11 is 0. The molecule has 0 bridgehead atoms. The van der Waals surface area contributed by atoms with Gasteiger partial charge in [0.2, 0.25) is 5.78 Å². The molecule has 0 aliphatic rings. The Hall–Kier alpha value is -1.47. The van der Waals surface area contributed by atoms with Crippen LogP contribution in [0, 0.1) is 0 Å². The molecule has 0 saturated carbocycles. The molecule has 0 spiro atoms. The molecule has 0 amide bonds. The number of rotatable bonds is 3. The minimum Gasteiger partial charge on any atom is -0.285 e. The van der Waals surface area contributed by atoms with Crippen molar-refractivity contribution in [3.05, 3.63) is 18.4 Å². The minimum absolute atomic E-state index is 0.785. The van der Waals surface area contributed by atoms with Crippen molar-refractivity contribution in [2.24, 2.45) is 0 Å². The zero-order valence-electron chi connectivity index (χ0n) is 4.51. The van der Waals surface area contributed by atoms with Crippen molar-refractivity contribution in [2.75, 3.05) is 0 Å². The van der Waals surface area contributed by atoms with Gasteiger partial charge in [0, 0.05) is 6.08 Å². The largest absolute Gasteiger partial charge is 0.285 e. The van der Waals surface area contributed by atoms with E-state index in [2.05, 4.69) is 12.3 Å². The van der Waals surface area contributed by atoms with Crippen LogP contribution in [0.3, 0.4) is 0 Å². The van der Waals surface area contributed by atoms with E-state index in [1.54, 1.807) is 0 Å². The topological polar surface area (TPSA) is 51.2 Å². The smallest absolute Gasteiger partial charge is 0.281 e. The normalized spacial score (nSPS) is 7.11.